The molecule has 1 amide bonds. The van der Waals surface area contributed by atoms with Crippen LogP contribution in [0.2, 0.25) is 0 Å². The first-order chi connectivity index (χ1) is 15.7. The van der Waals surface area contributed by atoms with Gasteiger partial charge in [0.1, 0.15) is 0 Å². The summed E-state index contributed by atoms with van der Waals surface area (Å²) in [5, 5.41) is 3.87. The summed E-state index contributed by atoms with van der Waals surface area (Å²) in [5.41, 5.74) is 2.97. The molecule has 2 aliphatic heterocycles. The molecule has 2 aliphatic carbocycles. The van der Waals surface area contributed by atoms with Crippen molar-refractivity contribution in [2.75, 3.05) is 37.7 Å². The van der Waals surface area contributed by atoms with Crippen molar-refractivity contribution in [3.8, 4) is 0 Å². The molecule has 182 valence electrons. The van der Waals surface area contributed by atoms with E-state index < -0.39 is 0 Å². The topological polar surface area (TPSA) is 57.2 Å². The Kier molecular flexibility index (Phi) is 7.88. The van der Waals surface area contributed by atoms with Gasteiger partial charge in [0.2, 0.25) is 5.91 Å². The third-order valence-electron chi connectivity index (χ3n) is 8.29. The molecule has 1 saturated heterocycles. The first kappa shape index (κ1) is 24.8. The van der Waals surface area contributed by atoms with Crippen molar-refractivity contribution < 1.29 is 9.53 Å². The highest BCUT2D eigenvalue weighted by atomic mass is 127. The number of amides is 1. The predicted octanol–water partition coefficient (Wildman–Crippen LogP) is 4.53. The van der Waals surface area contributed by atoms with Gasteiger partial charge in [-0.2, -0.15) is 0 Å². The predicted molar refractivity (Wildman–Crippen MR) is 144 cm³/mol. The van der Waals surface area contributed by atoms with E-state index >= 15 is 0 Å². The molecule has 1 N–H and O–H groups in total. The van der Waals surface area contributed by atoms with Crippen molar-refractivity contribution in [3.63, 3.8) is 0 Å². The molecule has 6 nitrogen and oxygen atoms in total. The molecule has 2 heterocycles. The fourth-order valence-electron chi connectivity index (χ4n) is 6.35. The average Bonchev–Trinajstić information content (AvgIpc) is 3.33. The lowest BCUT2D eigenvalue weighted by Gasteiger charge is -2.61. The van der Waals surface area contributed by atoms with Crippen LogP contribution in [0.4, 0.5) is 5.69 Å². The number of hydrogen-bond acceptors (Lipinski definition) is 3. The van der Waals surface area contributed by atoms with Crippen molar-refractivity contribution >= 4 is 41.5 Å². The van der Waals surface area contributed by atoms with Gasteiger partial charge in [-0.15, -0.1) is 24.0 Å². The second-order valence-electron chi connectivity index (χ2n) is 9.90. The number of nitrogens with zero attached hydrogens (tertiary/aromatic N) is 3. The van der Waals surface area contributed by atoms with E-state index in [4.69, 9.17) is 9.73 Å². The Morgan fingerprint density at radius 2 is 2.06 bits per heavy atom. The van der Waals surface area contributed by atoms with E-state index in [0.717, 1.165) is 64.4 Å². The Morgan fingerprint density at radius 3 is 2.73 bits per heavy atom. The minimum Gasteiger partial charge on any atom is -0.378 e. The number of carbonyl (C=O) groups excluding carboxylic acids is 1. The third-order valence-corrected chi connectivity index (χ3v) is 8.29. The summed E-state index contributed by atoms with van der Waals surface area (Å²) < 4.78 is 6.07. The molecular weight excluding hydrogens is 527 g/mol. The van der Waals surface area contributed by atoms with Crippen molar-refractivity contribution in [2.45, 2.75) is 76.9 Å². The number of guanidine groups is 1. The maximum absolute atomic E-state index is 12.1. The molecule has 0 radical (unpaired) electrons. The number of carbonyl (C=O) groups is 1. The van der Waals surface area contributed by atoms with Gasteiger partial charge in [-0.3, -0.25) is 9.79 Å². The molecule has 3 unspecified atom stereocenters. The van der Waals surface area contributed by atoms with Crippen LogP contribution in [0, 0.1) is 5.41 Å². The van der Waals surface area contributed by atoms with Crippen molar-refractivity contribution in [1.29, 1.82) is 0 Å². The van der Waals surface area contributed by atoms with Crippen LogP contribution in [-0.2, 0) is 9.53 Å². The van der Waals surface area contributed by atoms with Gasteiger partial charge in [-0.05, 0) is 57.6 Å². The number of para-hydroxylation sites is 1. The Balaban J connectivity index is 0.00000259. The van der Waals surface area contributed by atoms with Gasteiger partial charge in [-0.1, -0.05) is 24.6 Å². The van der Waals surface area contributed by atoms with Gasteiger partial charge in [0, 0.05) is 62.3 Å². The molecule has 7 heteroatoms. The average molecular weight is 567 g/mol. The van der Waals surface area contributed by atoms with Crippen LogP contribution in [-0.4, -0.2) is 61.7 Å². The molecule has 3 fully saturated rings. The zero-order valence-corrected chi connectivity index (χ0v) is 22.4. The molecule has 0 aromatic heterocycles. The van der Waals surface area contributed by atoms with Gasteiger partial charge >= 0.3 is 0 Å². The summed E-state index contributed by atoms with van der Waals surface area (Å²) in [6.07, 6.45) is 8.05. The first-order valence-corrected chi connectivity index (χ1v) is 12.7. The summed E-state index contributed by atoms with van der Waals surface area (Å²) in [6.45, 7) is 8.50. The van der Waals surface area contributed by atoms with Crippen LogP contribution in [0.3, 0.4) is 0 Å². The number of anilines is 1. The number of benzene rings is 1. The smallest absolute Gasteiger partial charge is 0.222 e. The fourth-order valence-corrected chi connectivity index (χ4v) is 6.35. The Bertz CT molecular complexity index is 872. The zero-order chi connectivity index (χ0) is 22.1. The number of fused-ring (bicyclic) bond motifs is 1. The van der Waals surface area contributed by atoms with Crippen LogP contribution in [0.1, 0.15) is 70.3 Å². The molecule has 2 saturated carbocycles. The molecular formula is C26H39IN4O2. The molecule has 3 atom stereocenters. The van der Waals surface area contributed by atoms with E-state index in [1.807, 2.05) is 4.90 Å². The Hall–Kier alpha value is -1.35. The monoisotopic (exact) mass is 566 g/mol. The van der Waals surface area contributed by atoms with E-state index in [-0.39, 0.29) is 24.0 Å². The van der Waals surface area contributed by atoms with Crippen LogP contribution < -0.4 is 10.2 Å². The quantitative estimate of drug-likeness (QED) is 0.300. The van der Waals surface area contributed by atoms with Crippen molar-refractivity contribution in [1.82, 2.24) is 10.2 Å². The van der Waals surface area contributed by atoms with Crippen LogP contribution in [0.5, 0.6) is 0 Å². The molecule has 0 bridgehead atoms. The molecule has 4 aliphatic rings. The highest BCUT2D eigenvalue weighted by Gasteiger charge is 2.59. The van der Waals surface area contributed by atoms with Crippen molar-refractivity contribution in [3.05, 3.63) is 29.8 Å². The summed E-state index contributed by atoms with van der Waals surface area (Å²) in [4.78, 5) is 21.5. The molecule has 5 rings (SSSR count). The van der Waals surface area contributed by atoms with E-state index in [1.54, 1.807) is 0 Å². The lowest BCUT2D eigenvalue weighted by atomic mass is 9.51. The summed E-state index contributed by atoms with van der Waals surface area (Å²) >= 11 is 0. The molecule has 1 aromatic rings. The molecule has 1 aromatic carbocycles. The number of likely N-dealkylation sites (tertiary alicyclic amines) is 1. The van der Waals surface area contributed by atoms with Gasteiger partial charge in [0.05, 0.1) is 6.10 Å². The largest absolute Gasteiger partial charge is 0.378 e. The lowest BCUT2D eigenvalue weighted by Crippen LogP contribution is -2.68. The normalized spacial score (nSPS) is 27.8. The second-order valence-corrected chi connectivity index (χ2v) is 9.90. The second kappa shape index (κ2) is 10.5. The highest BCUT2D eigenvalue weighted by molar-refractivity contribution is 14.0. The lowest BCUT2D eigenvalue weighted by molar-refractivity contribution is -0.168. The van der Waals surface area contributed by atoms with Gasteiger partial charge < -0.3 is 19.9 Å². The number of aliphatic imine (C=N–C) groups is 1. The minimum atomic E-state index is 0. The van der Waals surface area contributed by atoms with Gasteiger partial charge in [0.25, 0.3) is 0 Å². The maximum atomic E-state index is 12.1. The summed E-state index contributed by atoms with van der Waals surface area (Å²) in [5.74, 6) is 1.77. The Morgan fingerprint density at radius 1 is 1.24 bits per heavy atom. The SMILES string of the molecule is CCN=C(NC1CC(OCC)C12CCC2)N1CC(CCN2CCCC2=O)c2ccccc21.I. The highest BCUT2D eigenvalue weighted by Crippen LogP contribution is 2.57. The van der Waals surface area contributed by atoms with E-state index in [0.29, 0.717) is 29.4 Å². The molecule has 1 spiro atoms. The number of halogens is 1. The third kappa shape index (κ3) is 4.51. The minimum absolute atomic E-state index is 0. The van der Waals surface area contributed by atoms with Crippen LogP contribution in [0.15, 0.2) is 29.3 Å². The van der Waals surface area contributed by atoms with Crippen LogP contribution >= 0.6 is 24.0 Å². The molecule has 33 heavy (non-hydrogen) atoms. The number of hydrogen-bond donors (Lipinski definition) is 1. The number of nitrogens with one attached hydrogen (secondary N) is 1. The standard InChI is InChI=1S/C26H38N4O2.HI/c1-3-27-25(28-22-17-23(32-4-2)26(22)13-8-14-26)30-18-19(20-9-5-6-10-21(20)30)12-16-29-15-7-11-24(29)31;/h5-6,9-10,19,22-23H,3-4,7-8,11-18H2,1-2H3,(H,27,28);1H. The fraction of sp³-hybridized carbons (Fsp3) is 0.692. The Labute approximate surface area is 215 Å². The maximum Gasteiger partial charge on any atom is 0.222 e. The number of ether oxygens (including phenoxy) is 1. The van der Waals surface area contributed by atoms with E-state index in [1.165, 1.54) is 30.5 Å². The first-order valence-electron chi connectivity index (χ1n) is 12.7. The van der Waals surface area contributed by atoms with E-state index in [2.05, 4.69) is 48.3 Å². The summed E-state index contributed by atoms with van der Waals surface area (Å²) in [6, 6.07) is 9.21. The van der Waals surface area contributed by atoms with Gasteiger partial charge in [-0.25, -0.2) is 0 Å². The van der Waals surface area contributed by atoms with Crippen LogP contribution in [0.25, 0.3) is 0 Å². The van der Waals surface area contributed by atoms with Crippen molar-refractivity contribution in [2.24, 2.45) is 10.4 Å². The number of rotatable bonds is 7. The zero-order valence-electron chi connectivity index (χ0n) is 20.1. The van der Waals surface area contributed by atoms with E-state index in [9.17, 15) is 4.79 Å². The summed E-state index contributed by atoms with van der Waals surface area (Å²) in [7, 11) is 0. The van der Waals surface area contributed by atoms with Gasteiger partial charge in [0.15, 0.2) is 5.96 Å².